The van der Waals surface area contributed by atoms with E-state index < -0.39 is 0 Å². The van der Waals surface area contributed by atoms with Crippen LogP contribution in [0.15, 0.2) is 36.8 Å². The van der Waals surface area contributed by atoms with Crippen molar-refractivity contribution in [3.05, 3.63) is 42.5 Å². The predicted molar refractivity (Wildman–Crippen MR) is 109 cm³/mol. The van der Waals surface area contributed by atoms with Crippen molar-refractivity contribution in [3.63, 3.8) is 0 Å². The van der Waals surface area contributed by atoms with Crippen molar-refractivity contribution in [1.82, 2.24) is 29.5 Å². The average Bonchev–Trinajstić information content (AvgIpc) is 3.17. The summed E-state index contributed by atoms with van der Waals surface area (Å²) in [5, 5.41) is 4.38. The van der Waals surface area contributed by atoms with Gasteiger partial charge in [-0.25, -0.2) is 9.97 Å². The molecule has 2 saturated heterocycles. The fraction of sp³-hybridized carbons (Fsp3) is 0.500. The highest BCUT2D eigenvalue weighted by Gasteiger charge is 2.35. The van der Waals surface area contributed by atoms with Gasteiger partial charge in [0.1, 0.15) is 18.0 Å². The number of fused-ring (bicyclic) bond motifs is 1. The van der Waals surface area contributed by atoms with Crippen LogP contribution in [-0.4, -0.2) is 74.8 Å². The van der Waals surface area contributed by atoms with E-state index in [-0.39, 0.29) is 0 Å². The number of hydrogen-bond acceptors (Lipinski definition) is 7. The van der Waals surface area contributed by atoms with Crippen molar-refractivity contribution in [2.24, 2.45) is 0 Å². The van der Waals surface area contributed by atoms with Crippen LogP contribution in [0.2, 0.25) is 0 Å². The summed E-state index contributed by atoms with van der Waals surface area (Å²) in [4.78, 5) is 20.8. The highest BCUT2D eigenvalue weighted by Crippen LogP contribution is 2.27. The minimum absolute atomic E-state index is 0.372. The third-order valence-electron chi connectivity index (χ3n) is 5.83. The number of anilines is 2. The lowest BCUT2D eigenvalue weighted by Gasteiger charge is -2.49. The number of aromatic nitrogens is 5. The van der Waals surface area contributed by atoms with Gasteiger partial charge in [-0.05, 0) is 18.1 Å². The van der Waals surface area contributed by atoms with Gasteiger partial charge in [0, 0.05) is 57.6 Å². The Morgan fingerprint density at radius 1 is 1.00 bits per heavy atom. The van der Waals surface area contributed by atoms with Gasteiger partial charge in [0.25, 0.3) is 5.78 Å². The Bertz CT molecular complexity index is 939. The Morgan fingerprint density at radius 2 is 1.82 bits per heavy atom. The molecular formula is C20H26N8. The SMILES string of the molecule is CC(C)c1cc(N2CC(N3CCN(c4ccccn4)CC3)C2)n2ncnc2n1. The molecule has 3 aromatic heterocycles. The van der Waals surface area contributed by atoms with Crippen molar-refractivity contribution in [2.45, 2.75) is 25.8 Å². The molecule has 5 rings (SSSR count). The summed E-state index contributed by atoms with van der Waals surface area (Å²) in [5.41, 5.74) is 1.07. The molecule has 0 spiro atoms. The maximum absolute atomic E-state index is 4.62. The number of piperazine rings is 1. The number of pyridine rings is 1. The molecule has 2 aliphatic heterocycles. The van der Waals surface area contributed by atoms with Crippen LogP contribution in [0.1, 0.15) is 25.5 Å². The van der Waals surface area contributed by atoms with Crippen LogP contribution >= 0.6 is 0 Å². The summed E-state index contributed by atoms with van der Waals surface area (Å²) in [5.74, 6) is 3.25. The van der Waals surface area contributed by atoms with Gasteiger partial charge in [-0.1, -0.05) is 19.9 Å². The zero-order valence-electron chi connectivity index (χ0n) is 16.4. The number of rotatable bonds is 4. The van der Waals surface area contributed by atoms with E-state index >= 15 is 0 Å². The quantitative estimate of drug-likeness (QED) is 0.684. The summed E-state index contributed by atoms with van der Waals surface area (Å²) in [7, 11) is 0. The fourth-order valence-electron chi connectivity index (χ4n) is 4.07. The summed E-state index contributed by atoms with van der Waals surface area (Å²) in [6.07, 6.45) is 3.46. The van der Waals surface area contributed by atoms with E-state index in [1.54, 1.807) is 6.33 Å². The molecule has 28 heavy (non-hydrogen) atoms. The summed E-state index contributed by atoms with van der Waals surface area (Å²) in [6, 6.07) is 8.89. The lowest BCUT2D eigenvalue weighted by atomic mass is 10.0. The van der Waals surface area contributed by atoms with Crippen molar-refractivity contribution >= 4 is 17.4 Å². The molecule has 8 nitrogen and oxygen atoms in total. The molecule has 0 amide bonds. The molecule has 0 unspecified atom stereocenters. The van der Waals surface area contributed by atoms with Gasteiger partial charge in [0.15, 0.2) is 0 Å². The molecule has 2 aliphatic rings. The van der Waals surface area contributed by atoms with E-state index in [0.717, 1.165) is 56.6 Å². The minimum Gasteiger partial charge on any atom is -0.354 e. The van der Waals surface area contributed by atoms with Gasteiger partial charge in [-0.2, -0.15) is 14.6 Å². The standard InChI is InChI=1S/C20H26N8/c1-15(2)17-11-19(28-20(24-17)22-14-23-28)27-12-16(13-27)25-7-9-26(10-8-25)18-5-3-4-6-21-18/h3-6,11,14-16H,7-10,12-13H2,1-2H3. The second-order valence-corrected chi connectivity index (χ2v) is 7.94. The fourth-order valence-corrected chi connectivity index (χ4v) is 4.07. The molecule has 0 radical (unpaired) electrons. The zero-order chi connectivity index (χ0) is 19.1. The smallest absolute Gasteiger partial charge is 0.254 e. The van der Waals surface area contributed by atoms with Crippen LogP contribution in [-0.2, 0) is 0 Å². The topological polar surface area (TPSA) is 65.7 Å². The van der Waals surface area contributed by atoms with Gasteiger partial charge < -0.3 is 9.80 Å². The van der Waals surface area contributed by atoms with Crippen LogP contribution in [0.3, 0.4) is 0 Å². The maximum Gasteiger partial charge on any atom is 0.254 e. The number of nitrogens with zero attached hydrogens (tertiary/aromatic N) is 8. The number of hydrogen-bond donors (Lipinski definition) is 0. The molecule has 0 atom stereocenters. The molecule has 146 valence electrons. The van der Waals surface area contributed by atoms with Crippen LogP contribution in [0.25, 0.3) is 5.78 Å². The molecular weight excluding hydrogens is 352 g/mol. The minimum atomic E-state index is 0.372. The Balaban J connectivity index is 1.24. The summed E-state index contributed by atoms with van der Waals surface area (Å²) < 4.78 is 1.86. The van der Waals surface area contributed by atoms with Crippen LogP contribution in [0, 0.1) is 0 Å². The highest BCUT2D eigenvalue weighted by atomic mass is 15.4. The van der Waals surface area contributed by atoms with Crippen LogP contribution < -0.4 is 9.80 Å². The molecule has 0 N–H and O–H groups in total. The van der Waals surface area contributed by atoms with Gasteiger partial charge in [0.05, 0.1) is 5.69 Å². The van der Waals surface area contributed by atoms with Gasteiger partial charge in [-0.15, -0.1) is 0 Å². The van der Waals surface area contributed by atoms with Gasteiger partial charge >= 0.3 is 0 Å². The molecule has 8 heteroatoms. The van der Waals surface area contributed by atoms with E-state index in [0.29, 0.717) is 17.7 Å². The Labute approximate surface area is 164 Å². The van der Waals surface area contributed by atoms with E-state index in [9.17, 15) is 0 Å². The lowest BCUT2D eigenvalue weighted by Crippen LogP contribution is -2.63. The van der Waals surface area contributed by atoms with Crippen LogP contribution in [0.4, 0.5) is 11.6 Å². The Morgan fingerprint density at radius 3 is 2.54 bits per heavy atom. The molecule has 0 aromatic carbocycles. The summed E-state index contributed by atoms with van der Waals surface area (Å²) in [6.45, 7) is 10.6. The first-order valence-corrected chi connectivity index (χ1v) is 10.0. The second-order valence-electron chi connectivity index (χ2n) is 7.94. The lowest BCUT2D eigenvalue weighted by molar-refractivity contribution is 0.156. The van der Waals surface area contributed by atoms with E-state index in [2.05, 4.69) is 66.8 Å². The van der Waals surface area contributed by atoms with Crippen molar-refractivity contribution in [2.75, 3.05) is 49.1 Å². The molecule has 0 saturated carbocycles. The Hall–Kier alpha value is -2.74. The van der Waals surface area contributed by atoms with Gasteiger partial charge in [0.2, 0.25) is 0 Å². The van der Waals surface area contributed by atoms with E-state index in [1.165, 1.54) is 0 Å². The first-order valence-electron chi connectivity index (χ1n) is 10.0. The third kappa shape index (κ3) is 3.07. The molecule has 2 fully saturated rings. The van der Waals surface area contributed by atoms with E-state index in [1.807, 2.05) is 16.8 Å². The van der Waals surface area contributed by atoms with Crippen molar-refractivity contribution < 1.29 is 0 Å². The maximum atomic E-state index is 4.62. The molecule has 5 heterocycles. The van der Waals surface area contributed by atoms with Gasteiger partial charge in [-0.3, -0.25) is 4.90 Å². The average molecular weight is 378 g/mol. The first-order chi connectivity index (χ1) is 13.7. The Kier molecular flexibility index (Phi) is 4.35. The van der Waals surface area contributed by atoms with E-state index in [4.69, 9.17) is 0 Å². The molecule has 0 aliphatic carbocycles. The van der Waals surface area contributed by atoms with Crippen molar-refractivity contribution in [3.8, 4) is 0 Å². The second kappa shape index (κ2) is 7.01. The monoisotopic (exact) mass is 378 g/mol. The zero-order valence-corrected chi connectivity index (χ0v) is 16.4. The molecule has 3 aromatic rings. The third-order valence-corrected chi connectivity index (χ3v) is 5.83. The summed E-state index contributed by atoms with van der Waals surface area (Å²) >= 11 is 0. The predicted octanol–water partition coefficient (Wildman–Crippen LogP) is 1.65. The molecule has 0 bridgehead atoms. The van der Waals surface area contributed by atoms with Crippen LogP contribution in [0.5, 0.6) is 0 Å². The normalized spacial score (nSPS) is 18.8. The van der Waals surface area contributed by atoms with Crippen molar-refractivity contribution in [1.29, 1.82) is 0 Å². The first kappa shape index (κ1) is 17.4. The largest absolute Gasteiger partial charge is 0.354 e. The highest BCUT2D eigenvalue weighted by molar-refractivity contribution is 5.50.